The summed E-state index contributed by atoms with van der Waals surface area (Å²) in [6.07, 6.45) is 0.197. The molecule has 3 aromatic rings. The lowest BCUT2D eigenvalue weighted by Gasteiger charge is -2.22. The van der Waals surface area contributed by atoms with Crippen LogP contribution in [0.2, 0.25) is 0 Å². The molecule has 2 aromatic carbocycles. The van der Waals surface area contributed by atoms with E-state index in [0.29, 0.717) is 11.5 Å². The molecular formula is C21H23NO4S. The molecule has 1 aromatic heterocycles. The number of methoxy groups -OCH3 is 2. The second kappa shape index (κ2) is 7.98. The van der Waals surface area contributed by atoms with Crippen molar-refractivity contribution < 1.29 is 19.4 Å². The fraction of sp³-hybridized carbons (Fsp3) is 0.286. The molecule has 0 saturated heterocycles. The molecular weight excluding hydrogens is 362 g/mol. The van der Waals surface area contributed by atoms with Crippen LogP contribution in [0.4, 0.5) is 0 Å². The lowest BCUT2D eigenvalue weighted by atomic mass is 10.0. The predicted molar refractivity (Wildman–Crippen MR) is 108 cm³/mol. The third kappa shape index (κ3) is 4.40. The summed E-state index contributed by atoms with van der Waals surface area (Å²) in [7, 11) is 3.13. The standard InChI is InChI=1S/C21H23NO4S/c1-21(24,19-12-15-6-4-5-7-18(15)27-19)13-22-20(23)11-14-8-9-16(25-2)17(10-14)26-3/h4-10,12,24H,11,13H2,1-3H3,(H,22,23)/t21-/m0/s1. The molecule has 1 heterocycles. The molecule has 0 bridgehead atoms. The summed E-state index contributed by atoms with van der Waals surface area (Å²) in [5.41, 5.74) is -0.316. The van der Waals surface area contributed by atoms with E-state index in [-0.39, 0.29) is 18.9 Å². The maximum Gasteiger partial charge on any atom is 0.224 e. The molecule has 0 radical (unpaired) electrons. The van der Waals surface area contributed by atoms with Gasteiger partial charge in [-0.15, -0.1) is 11.3 Å². The van der Waals surface area contributed by atoms with E-state index in [1.54, 1.807) is 33.3 Å². The maximum atomic E-state index is 12.3. The van der Waals surface area contributed by atoms with E-state index in [1.165, 1.54) is 11.3 Å². The van der Waals surface area contributed by atoms with Crippen LogP contribution in [0.15, 0.2) is 48.5 Å². The zero-order chi connectivity index (χ0) is 19.4. The molecule has 1 atom stereocenters. The Balaban J connectivity index is 1.64. The second-order valence-corrected chi connectivity index (χ2v) is 7.65. The lowest BCUT2D eigenvalue weighted by Crippen LogP contribution is -2.38. The van der Waals surface area contributed by atoms with Crippen molar-refractivity contribution in [3.05, 3.63) is 59.0 Å². The van der Waals surface area contributed by atoms with Crippen LogP contribution >= 0.6 is 11.3 Å². The molecule has 0 fully saturated rings. The number of carbonyl (C=O) groups excluding carboxylic acids is 1. The molecule has 0 aliphatic rings. The number of fused-ring (bicyclic) bond motifs is 1. The minimum Gasteiger partial charge on any atom is -0.493 e. The van der Waals surface area contributed by atoms with E-state index in [2.05, 4.69) is 5.32 Å². The van der Waals surface area contributed by atoms with Gasteiger partial charge in [-0.3, -0.25) is 4.79 Å². The molecule has 142 valence electrons. The first-order chi connectivity index (χ1) is 12.9. The van der Waals surface area contributed by atoms with Crippen LogP contribution in [-0.2, 0) is 16.8 Å². The minimum absolute atomic E-state index is 0.145. The molecule has 0 unspecified atom stereocenters. The maximum absolute atomic E-state index is 12.3. The monoisotopic (exact) mass is 385 g/mol. The van der Waals surface area contributed by atoms with Crippen LogP contribution in [0.3, 0.4) is 0 Å². The van der Waals surface area contributed by atoms with Gasteiger partial charge in [-0.25, -0.2) is 0 Å². The highest BCUT2D eigenvalue weighted by molar-refractivity contribution is 7.19. The number of amides is 1. The summed E-state index contributed by atoms with van der Waals surface area (Å²) >= 11 is 1.54. The van der Waals surface area contributed by atoms with Gasteiger partial charge in [-0.1, -0.05) is 24.3 Å². The number of thiophene rings is 1. The summed E-state index contributed by atoms with van der Waals surface area (Å²) < 4.78 is 11.6. The van der Waals surface area contributed by atoms with Gasteiger partial charge in [0.15, 0.2) is 11.5 Å². The lowest BCUT2D eigenvalue weighted by molar-refractivity contribution is -0.121. The molecule has 1 amide bonds. The first kappa shape index (κ1) is 19.2. The summed E-state index contributed by atoms with van der Waals surface area (Å²) in [5, 5.41) is 14.7. The number of aliphatic hydroxyl groups is 1. The van der Waals surface area contributed by atoms with Gasteiger partial charge in [0.2, 0.25) is 5.91 Å². The van der Waals surface area contributed by atoms with Gasteiger partial charge in [-0.05, 0) is 42.1 Å². The molecule has 0 spiro atoms. The Kier molecular flexibility index (Phi) is 5.68. The Hall–Kier alpha value is -2.57. The largest absolute Gasteiger partial charge is 0.493 e. The van der Waals surface area contributed by atoms with Gasteiger partial charge in [0.25, 0.3) is 0 Å². The number of rotatable bonds is 7. The van der Waals surface area contributed by atoms with Gasteiger partial charge in [-0.2, -0.15) is 0 Å². The first-order valence-electron chi connectivity index (χ1n) is 8.62. The Morgan fingerprint density at radius 1 is 1.11 bits per heavy atom. The zero-order valence-electron chi connectivity index (χ0n) is 15.6. The van der Waals surface area contributed by atoms with Crippen molar-refractivity contribution in [2.24, 2.45) is 0 Å². The number of benzene rings is 2. The number of hydrogen-bond acceptors (Lipinski definition) is 5. The summed E-state index contributed by atoms with van der Waals surface area (Å²) in [5.74, 6) is 1.04. The summed E-state index contributed by atoms with van der Waals surface area (Å²) in [6, 6.07) is 15.3. The van der Waals surface area contributed by atoms with Gasteiger partial charge in [0.1, 0.15) is 5.60 Å². The normalized spacial score (nSPS) is 13.2. The van der Waals surface area contributed by atoms with E-state index < -0.39 is 5.60 Å². The third-order valence-electron chi connectivity index (χ3n) is 4.40. The van der Waals surface area contributed by atoms with Gasteiger partial charge >= 0.3 is 0 Å². The molecule has 0 aliphatic heterocycles. The van der Waals surface area contributed by atoms with Crippen molar-refractivity contribution in [3.63, 3.8) is 0 Å². The van der Waals surface area contributed by atoms with Crippen LogP contribution in [0.25, 0.3) is 10.1 Å². The smallest absolute Gasteiger partial charge is 0.224 e. The van der Waals surface area contributed by atoms with Crippen molar-refractivity contribution in [1.29, 1.82) is 0 Å². The summed E-state index contributed by atoms with van der Waals surface area (Å²) in [6.45, 7) is 1.86. The second-order valence-electron chi connectivity index (χ2n) is 6.57. The molecule has 27 heavy (non-hydrogen) atoms. The zero-order valence-corrected chi connectivity index (χ0v) is 16.4. The number of ether oxygens (including phenoxy) is 2. The van der Waals surface area contributed by atoms with E-state index in [4.69, 9.17) is 9.47 Å². The SMILES string of the molecule is COc1ccc(CC(=O)NC[C@](C)(O)c2cc3ccccc3s2)cc1OC. The number of hydrogen-bond donors (Lipinski definition) is 2. The van der Waals surface area contributed by atoms with Crippen LogP contribution in [0.5, 0.6) is 11.5 Å². The quantitative estimate of drug-likeness (QED) is 0.653. The molecule has 0 saturated carbocycles. The average Bonchev–Trinajstić information content (AvgIpc) is 3.11. The molecule has 5 nitrogen and oxygen atoms in total. The molecule has 0 aliphatic carbocycles. The van der Waals surface area contributed by atoms with Crippen LogP contribution in [-0.4, -0.2) is 31.8 Å². The topological polar surface area (TPSA) is 67.8 Å². The van der Waals surface area contributed by atoms with Gasteiger partial charge < -0.3 is 19.9 Å². The highest BCUT2D eigenvalue weighted by atomic mass is 32.1. The van der Waals surface area contributed by atoms with Crippen molar-refractivity contribution >= 4 is 27.3 Å². The molecule has 2 N–H and O–H groups in total. The Morgan fingerprint density at radius 2 is 1.85 bits per heavy atom. The van der Waals surface area contributed by atoms with Crippen LogP contribution in [0.1, 0.15) is 17.4 Å². The Morgan fingerprint density at radius 3 is 2.56 bits per heavy atom. The molecule has 3 rings (SSSR count). The molecule has 6 heteroatoms. The van der Waals surface area contributed by atoms with Crippen molar-refractivity contribution in [3.8, 4) is 11.5 Å². The minimum atomic E-state index is -1.13. The predicted octanol–water partition coefficient (Wildman–Crippen LogP) is 3.48. The first-order valence-corrected chi connectivity index (χ1v) is 9.43. The summed E-state index contributed by atoms with van der Waals surface area (Å²) in [4.78, 5) is 13.2. The van der Waals surface area contributed by atoms with Gasteiger partial charge in [0, 0.05) is 9.58 Å². The van der Waals surface area contributed by atoms with Gasteiger partial charge in [0.05, 0.1) is 27.2 Å². The third-order valence-corrected chi connectivity index (χ3v) is 5.77. The van der Waals surface area contributed by atoms with Crippen molar-refractivity contribution in [1.82, 2.24) is 5.32 Å². The van der Waals surface area contributed by atoms with E-state index >= 15 is 0 Å². The Bertz CT molecular complexity index is 915. The van der Waals surface area contributed by atoms with Crippen LogP contribution in [0, 0.1) is 0 Å². The Labute approximate surface area is 162 Å². The van der Waals surface area contributed by atoms with Crippen molar-refractivity contribution in [2.75, 3.05) is 20.8 Å². The fourth-order valence-electron chi connectivity index (χ4n) is 2.84. The average molecular weight is 385 g/mol. The number of nitrogens with one attached hydrogen (secondary N) is 1. The number of carbonyl (C=O) groups is 1. The van der Waals surface area contributed by atoms with E-state index in [1.807, 2.05) is 36.4 Å². The van der Waals surface area contributed by atoms with E-state index in [9.17, 15) is 9.90 Å². The van der Waals surface area contributed by atoms with Crippen LogP contribution < -0.4 is 14.8 Å². The highest BCUT2D eigenvalue weighted by Crippen LogP contribution is 2.33. The van der Waals surface area contributed by atoms with E-state index in [0.717, 1.165) is 20.5 Å². The highest BCUT2D eigenvalue weighted by Gasteiger charge is 2.26. The fourth-order valence-corrected chi connectivity index (χ4v) is 3.95. The van der Waals surface area contributed by atoms with Crippen molar-refractivity contribution in [2.45, 2.75) is 18.9 Å².